The van der Waals surface area contributed by atoms with Crippen molar-refractivity contribution in [2.45, 2.75) is 13.0 Å². The number of aliphatic hydroxyl groups excluding tert-OH is 1. The topological polar surface area (TPSA) is 33.4 Å². The molecule has 1 unspecified atom stereocenters. The fourth-order valence-corrected chi connectivity index (χ4v) is 0.861. The number of aliphatic hydroxyl groups is 1. The Morgan fingerprint density at radius 2 is 2.40 bits per heavy atom. The van der Waals surface area contributed by atoms with E-state index in [2.05, 4.69) is 0 Å². The molecular formula is C7H9ClO2. The van der Waals surface area contributed by atoms with E-state index in [0.29, 0.717) is 5.76 Å². The standard InChI is InChI=1S/C7H9ClO2/c1-5-2-3-7(10-5)6(9)4-8/h2-3,6,9H,4H2,1H3. The molecule has 0 aliphatic heterocycles. The summed E-state index contributed by atoms with van der Waals surface area (Å²) < 4.78 is 5.10. The predicted octanol–water partition coefficient (Wildman–Crippen LogP) is 1.86. The van der Waals surface area contributed by atoms with Crippen LogP contribution in [0.1, 0.15) is 17.6 Å². The smallest absolute Gasteiger partial charge is 0.133 e. The summed E-state index contributed by atoms with van der Waals surface area (Å²) in [6.07, 6.45) is -0.671. The summed E-state index contributed by atoms with van der Waals surface area (Å²) in [7, 11) is 0. The van der Waals surface area contributed by atoms with Gasteiger partial charge < -0.3 is 9.52 Å². The van der Waals surface area contributed by atoms with E-state index in [4.69, 9.17) is 21.1 Å². The van der Waals surface area contributed by atoms with Crippen LogP contribution in [-0.2, 0) is 0 Å². The first-order chi connectivity index (χ1) is 4.74. The van der Waals surface area contributed by atoms with Crippen LogP contribution < -0.4 is 0 Å². The van der Waals surface area contributed by atoms with E-state index in [-0.39, 0.29) is 5.88 Å². The highest BCUT2D eigenvalue weighted by atomic mass is 35.5. The molecule has 3 heteroatoms. The first-order valence-electron chi connectivity index (χ1n) is 3.04. The zero-order chi connectivity index (χ0) is 7.56. The quantitative estimate of drug-likeness (QED) is 0.670. The summed E-state index contributed by atoms with van der Waals surface area (Å²) in [4.78, 5) is 0. The number of alkyl halides is 1. The molecule has 1 aromatic heterocycles. The van der Waals surface area contributed by atoms with E-state index in [1.807, 2.05) is 6.92 Å². The second-order valence-electron chi connectivity index (χ2n) is 2.12. The van der Waals surface area contributed by atoms with E-state index in [9.17, 15) is 0 Å². The second-order valence-corrected chi connectivity index (χ2v) is 2.43. The van der Waals surface area contributed by atoms with Gasteiger partial charge >= 0.3 is 0 Å². The van der Waals surface area contributed by atoms with Crippen molar-refractivity contribution in [2.24, 2.45) is 0 Å². The highest BCUT2D eigenvalue weighted by molar-refractivity contribution is 6.18. The molecular weight excluding hydrogens is 152 g/mol. The molecule has 1 atom stereocenters. The highest BCUT2D eigenvalue weighted by Crippen LogP contribution is 2.16. The minimum absolute atomic E-state index is 0.174. The van der Waals surface area contributed by atoms with Crippen molar-refractivity contribution in [2.75, 3.05) is 5.88 Å². The number of hydrogen-bond acceptors (Lipinski definition) is 2. The van der Waals surface area contributed by atoms with E-state index >= 15 is 0 Å². The largest absolute Gasteiger partial charge is 0.464 e. The number of hydrogen-bond donors (Lipinski definition) is 1. The molecule has 0 fully saturated rings. The number of aryl methyl sites for hydroxylation is 1. The van der Waals surface area contributed by atoms with E-state index < -0.39 is 6.10 Å². The highest BCUT2D eigenvalue weighted by Gasteiger charge is 2.08. The molecule has 1 N–H and O–H groups in total. The fraction of sp³-hybridized carbons (Fsp3) is 0.429. The van der Waals surface area contributed by atoms with Crippen molar-refractivity contribution in [3.05, 3.63) is 23.7 Å². The van der Waals surface area contributed by atoms with Crippen molar-refractivity contribution < 1.29 is 9.52 Å². The second kappa shape index (κ2) is 3.08. The average Bonchev–Trinajstić information content (AvgIpc) is 2.34. The van der Waals surface area contributed by atoms with Crippen molar-refractivity contribution in [1.82, 2.24) is 0 Å². The molecule has 0 aliphatic rings. The summed E-state index contributed by atoms with van der Waals surface area (Å²) in [5.41, 5.74) is 0. The predicted molar refractivity (Wildman–Crippen MR) is 39.1 cm³/mol. The molecule has 0 radical (unpaired) electrons. The molecule has 0 amide bonds. The van der Waals surface area contributed by atoms with Gasteiger partial charge in [-0.2, -0.15) is 0 Å². The maximum absolute atomic E-state index is 9.12. The Balaban J connectivity index is 2.74. The third-order valence-corrected chi connectivity index (χ3v) is 1.53. The van der Waals surface area contributed by atoms with Gasteiger partial charge in [-0.15, -0.1) is 11.6 Å². The van der Waals surface area contributed by atoms with Crippen molar-refractivity contribution in [1.29, 1.82) is 0 Å². The Kier molecular flexibility index (Phi) is 2.35. The van der Waals surface area contributed by atoms with Gasteiger partial charge in [0.05, 0.1) is 5.88 Å². The lowest BCUT2D eigenvalue weighted by atomic mass is 10.3. The SMILES string of the molecule is Cc1ccc(C(O)CCl)o1. The van der Waals surface area contributed by atoms with Crippen molar-refractivity contribution >= 4 is 11.6 Å². The zero-order valence-corrected chi connectivity index (χ0v) is 6.43. The molecule has 2 nitrogen and oxygen atoms in total. The molecule has 0 aromatic carbocycles. The Hall–Kier alpha value is -0.470. The lowest BCUT2D eigenvalue weighted by Crippen LogP contribution is -1.95. The number of furan rings is 1. The lowest BCUT2D eigenvalue weighted by molar-refractivity contribution is 0.171. The van der Waals surface area contributed by atoms with Crippen molar-refractivity contribution in [3.63, 3.8) is 0 Å². The number of rotatable bonds is 2. The maximum Gasteiger partial charge on any atom is 0.133 e. The minimum Gasteiger partial charge on any atom is -0.464 e. The molecule has 0 bridgehead atoms. The van der Waals surface area contributed by atoms with Crippen LogP contribution in [0.15, 0.2) is 16.5 Å². The first kappa shape index (κ1) is 7.63. The van der Waals surface area contributed by atoms with Gasteiger partial charge in [0.1, 0.15) is 17.6 Å². The van der Waals surface area contributed by atoms with Crippen LogP contribution in [0, 0.1) is 6.92 Å². The van der Waals surface area contributed by atoms with Crippen LogP contribution >= 0.6 is 11.6 Å². The van der Waals surface area contributed by atoms with Crippen LogP contribution in [0.5, 0.6) is 0 Å². The third-order valence-electron chi connectivity index (χ3n) is 1.24. The van der Waals surface area contributed by atoms with Crippen LogP contribution in [0.2, 0.25) is 0 Å². The molecule has 56 valence electrons. The Morgan fingerprint density at radius 3 is 2.80 bits per heavy atom. The number of halogens is 1. The zero-order valence-electron chi connectivity index (χ0n) is 5.67. The average molecular weight is 161 g/mol. The van der Waals surface area contributed by atoms with Gasteiger partial charge in [0.2, 0.25) is 0 Å². The summed E-state index contributed by atoms with van der Waals surface area (Å²) >= 11 is 5.39. The molecule has 10 heavy (non-hydrogen) atoms. The van der Waals surface area contributed by atoms with Crippen molar-refractivity contribution in [3.8, 4) is 0 Å². The Morgan fingerprint density at radius 1 is 1.70 bits per heavy atom. The fourth-order valence-electron chi connectivity index (χ4n) is 0.709. The normalized spacial score (nSPS) is 13.5. The molecule has 0 saturated heterocycles. The van der Waals surface area contributed by atoms with Crippen LogP contribution in [0.25, 0.3) is 0 Å². The third kappa shape index (κ3) is 1.52. The summed E-state index contributed by atoms with van der Waals surface area (Å²) in [5, 5.41) is 9.12. The maximum atomic E-state index is 9.12. The van der Waals surface area contributed by atoms with Gasteiger partial charge in [-0.05, 0) is 19.1 Å². The van der Waals surface area contributed by atoms with Gasteiger partial charge in [-0.3, -0.25) is 0 Å². The molecule has 0 saturated carbocycles. The summed E-state index contributed by atoms with van der Waals surface area (Å²) in [6, 6.07) is 3.52. The van der Waals surface area contributed by atoms with Gasteiger partial charge in [0, 0.05) is 0 Å². The summed E-state index contributed by atoms with van der Waals surface area (Å²) in [6.45, 7) is 1.82. The van der Waals surface area contributed by atoms with Gasteiger partial charge in [-0.1, -0.05) is 0 Å². The molecule has 1 aromatic rings. The van der Waals surface area contributed by atoms with E-state index in [1.54, 1.807) is 12.1 Å². The Bertz CT molecular complexity index is 207. The van der Waals surface area contributed by atoms with E-state index in [1.165, 1.54) is 0 Å². The molecule has 1 heterocycles. The Labute approximate surface area is 64.4 Å². The summed E-state index contributed by atoms with van der Waals surface area (Å²) in [5.74, 6) is 1.50. The first-order valence-corrected chi connectivity index (χ1v) is 3.58. The lowest BCUT2D eigenvalue weighted by Gasteiger charge is -1.99. The van der Waals surface area contributed by atoms with Gasteiger partial charge in [-0.25, -0.2) is 0 Å². The van der Waals surface area contributed by atoms with Crippen LogP contribution in [0.4, 0.5) is 0 Å². The van der Waals surface area contributed by atoms with Gasteiger partial charge in [0.25, 0.3) is 0 Å². The van der Waals surface area contributed by atoms with Crippen LogP contribution in [-0.4, -0.2) is 11.0 Å². The van der Waals surface area contributed by atoms with E-state index in [0.717, 1.165) is 5.76 Å². The van der Waals surface area contributed by atoms with Crippen LogP contribution in [0.3, 0.4) is 0 Å². The van der Waals surface area contributed by atoms with Gasteiger partial charge in [0.15, 0.2) is 0 Å². The molecule has 0 spiro atoms. The molecule has 0 aliphatic carbocycles. The molecule has 1 rings (SSSR count). The minimum atomic E-state index is -0.671. The monoisotopic (exact) mass is 160 g/mol.